The van der Waals surface area contributed by atoms with E-state index in [4.69, 9.17) is 10.5 Å². The van der Waals surface area contributed by atoms with Crippen molar-refractivity contribution in [1.82, 2.24) is 10.2 Å². The zero-order valence-electron chi connectivity index (χ0n) is 7.64. The van der Waals surface area contributed by atoms with Crippen molar-refractivity contribution in [2.75, 3.05) is 19.6 Å². The van der Waals surface area contributed by atoms with Gasteiger partial charge in [0.05, 0.1) is 19.3 Å². The topological polar surface area (TPSA) is 80.0 Å². The van der Waals surface area contributed by atoms with Crippen LogP contribution in [0.3, 0.4) is 0 Å². The lowest BCUT2D eigenvalue weighted by molar-refractivity contribution is 0.137. The Bertz CT molecular complexity index is 300. The highest BCUT2D eigenvalue weighted by molar-refractivity contribution is 5.73. The van der Waals surface area contributed by atoms with Gasteiger partial charge in [0.25, 0.3) is 0 Å². The van der Waals surface area contributed by atoms with E-state index in [2.05, 4.69) is 10.3 Å². The smallest absolute Gasteiger partial charge is 0.415 e. The molecule has 0 aromatic carbocycles. The van der Waals surface area contributed by atoms with Crippen LogP contribution in [0, 0.1) is 0 Å². The summed E-state index contributed by atoms with van der Waals surface area (Å²) < 4.78 is 5.01. The fraction of sp³-hybridized carbons (Fsp3) is 0.500. The molecule has 2 aliphatic heterocycles. The number of nitrogens with two attached hydrogens (primary N) is 1. The molecule has 2 rings (SSSR count). The number of ether oxygens (including phenoxy) is 1. The molecule has 2 aliphatic rings. The van der Waals surface area contributed by atoms with E-state index in [1.807, 2.05) is 0 Å². The maximum absolute atomic E-state index is 11.4. The molecule has 1 atom stereocenters. The molecule has 0 radical (unpaired) electrons. The van der Waals surface area contributed by atoms with Crippen molar-refractivity contribution in [3.8, 4) is 0 Å². The molecule has 76 valence electrons. The number of nitrogens with zero attached hydrogens (tertiary/aromatic N) is 2. The Labute approximate surface area is 81.4 Å². The standard InChI is InChI=1S/C8H12N4O2/c9-3-6-5-12(8(13)14-6)7-4-10-1-2-11-7/h1,4,6,11H,2-3,5,9H2/t6-/m1/s1. The lowest BCUT2D eigenvalue weighted by atomic mass is 10.3. The molecule has 0 bridgehead atoms. The molecule has 1 fully saturated rings. The van der Waals surface area contributed by atoms with Crippen LogP contribution in [0.1, 0.15) is 0 Å². The van der Waals surface area contributed by atoms with E-state index in [1.54, 1.807) is 12.4 Å². The van der Waals surface area contributed by atoms with Gasteiger partial charge in [-0.3, -0.25) is 9.89 Å². The van der Waals surface area contributed by atoms with Crippen LogP contribution in [0.4, 0.5) is 4.79 Å². The molecule has 0 aliphatic carbocycles. The zero-order valence-corrected chi connectivity index (χ0v) is 7.64. The molecular formula is C8H12N4O2. The quantitative estimate of drug-likeness (QED) is 0.608. The lowest BCUT2D eigenvalue weighted by Crippen LogP contribution is -2.35. The normalized spacial score (nSPS) is 25.8. The summed E-state index contributed by atoms with van der Waals surface area (Å²) in [6.45, 7) is 1.46. The van der Waals surface area contributed by atoms with Crippen LogP contribution in [0.15, 0.2) is 17.0 Å². The number of hydrogen-bond acceptors (Lipinski definition) is 5. The molecule has 6 nitrogen and oxygen atoms in total. The molecule has 1 amide bonds. The Balaban J connectivity index is 2.08. The highest BCUT2D eigenvalue weighted by Gasteiger charge is 2.32. The predicted octanol–water partition coefficient (Wildman–Crippen LogP) is -0.761. The van der Waals surface area contributed by atoms with Crippen molar-refractivity contribution < 1.29 is 9.53 Å². The number of carbonyl (C=O) groups excluding carboxylic acids is 1. The second kappa shape index (κ2) is 3.67. The molecule has 0 unspecified atom stereocenters. The Hall–Kier alpha value is -1.56. The third-order valence-corrected chi connectivity index (χ3v) is 2.10. The Morgan fingerprint density at radius 3 is 3.21 bits per heavy atom. The molecule has 14 heavy (non-hydrogen) atoms. The molecule has 6 heteroatoms. The highest BCUT2D eigenvalue weighted by atomic mass is 16.6. The number of rotatable bonds is 2. The van der Waals surface area contributed by atoms with Crippen LogP contribution in [0.5, 0.6) is 0 Å². The predicted molar refractivity (Wildman–Crippen MR) is 50.6 cm³/mol. The first-order valence-corrected chi connectivity index (χ1v) is 4.45. The van der Waals surface area contributed by atoms with Gasteiger partial charge >= 0.3 is 6.09 Å². The minimum atomic E-state index is -0.365. The average molecular weight is 196 g/mol. The SMILES string of the molecule is NC[C@@H]1CN(C2=CN=CCN2)C(=O)O1. The largest absolute Gasteiger partial charge is 0.443 e. The van der Waals surface area contributed by atoms with Crippen LogP contribution in [0.25, 0.3) is 0 Å². The second-order valence-corrected chi connectivity index (χ2v) is 3.08. The Kier molecular flexibility index (Phi) is 2.36. The van der Waals surface area contributed by atoms with Crippen LogP contribution in [-0.2, 0) is 4.74 Å². The van der Waals surface area contributed by atoms with Gasteiger partial charge in [-0.05, 0) is 0 Å². The third-order valence-electron chi connectivity index (χ3n) is 2.10. The Morgan fingerprint density at radius 2 is 2.64 bits per heavy atom. The molecule has 0 aromatic heterocycles. The van der Waals surface area contributed by atoms with Gasteiger partial charge < -0.3 is 15.8 Å². The van der Waals surface area contributed by atoms with Gasteiger partial charge in [0.1, 0.15) is 11.9 Å². The summed E-state index contributed by atoms with van der Waals surface area (Å²) in [6.07, 6.45) is 2.75. The van der Waals surface area contributed by atoms with Crippen molar-refractivity contribution in [3.05, 3.63) is 12.0 Å². The fourth-order valence-electron chi connectivity index (χ4n) is 1.38. The van der Waals surface area contributed by atoms with E-state index in [0.717, 1.165) is 0 Å². The molecule has 0 spiro atoms. The number of hydrogen-bond donors (Lipinski definition) is 2. The minimum Gasteiger partial charge on any atom is -0.443 e. The highest BCUT2D eigenvalue weighted by Crippen LogP contribution is 2.15. The molecule has 2 heterocycles. The van der Waals surface area contributed by atoms with Crippen molar-refractivity contribution in [3.63, 3.8) is 0 Å². The van der Waals surface area contributed by atoms with Crippen LogP contribution >= 0.6 is 0 Å². The second-order valence-electron chi connectivity index (χ2n) is 3.08. The summed E-state index contributed by atoms with van der Waals surface area (Å²) in [5, 5.41) is 3.03. The molecular weight excluding hydrogens is 184 g/mol. The Morgan fingerprint density at radius 1 is 1.79 bits per heavy atom. The van der Waals surface area contributed by atoms with Crippen molar-refractivity contribution in [1.29, 1.82) is 0 Å². The van der Waals surface area contributed by atoms with Crippen molar-refractivity contribution in [2.24, 2.45) is 10.7 Å². The number of cyclic esters (lactones) is 1. The van der Waals surface area contributed by atoms with Crippen molar-refractivity contribution >= 4 is 12.3 Å². The van der Waals surface area contributed by atoms with Gasteiger partial charge in [-0.15, -0.1) is 0 Å². The van der Waals surface area contributed by atoms with E-state index in [1.165, 1.54) is 4.90 Å². The fourth-order valence-corrected chi connectivity index (χ4v) is 1.38. The maximum Gasteiger partial charge on any atom is 0.415 e. The van der Waals surface area contributed by atoms with Gasteiger partial charge in [-0.2, -0.15) is 0 Å². The van der Waals surface area contributed by atoms with E-state index >= 15 is 0 Å². The first-order chi connectivity index (χ1) is 6.81. The van der Waals surface area contributed by atoms with Crippen LogP contribution in [-0.4, -0.2) is 42.9 Å². The number of amides is 1. The zero-order chi connectivity index (χ0) is 9.97. The summed E-state index contributed by atoms with van der Waals surface area (Å²) in [5.74, 6) is 0.674. The van der Waals surface area contributed by atoms with Gasteiger partial charge in [0.2, 0.25) is 0 Å². The van der Waals surface area contributed by atoms with Gasteiger partial charge in [-0.1, -0.05) is 0 Å². The van der Waals surface area contributed by atoms with E-state index in [0.29, 0.717) is 25.5 Å². The summed E-state index contributed by atoms with van der Waals surface area (Å²) in [4.78, 5) is 16.8. The van der Waals surface area contributed by atoms with Gasteiger partial charge in [-0.25, -0.2) is 4.79 Å². The van der Waals surface area contributed by atoms with Crippen LogP contribution < -0.4 is 11.1 Å². The lowest BCUT2D eigenvalue weighted by Gasteiger charge is -2.18. The molecule has 0 saturated carbocycles. The summed E-state index contributed by atoms with van der Waals surface area (Å²) in [6, 6.07) is 0. The average Bonchev–Trinajstić information content (AvgIpc) is 2.61. The van der Waals surface area contributed by atoms with Gasteiger partial charge in [0.15, 0.2) is 0 Å². The van der Waals surface area contributed by atoms with E-state index < -0.39 is 0 Å². The number of nitrogens with one attached hydrogen (secondary N) is 1. The van der Waals surface area contributed by atoms with Gasteiger partial charge in [0, 0.05) is 12.8 Å². The molecule has 0 aromatic rings. The summed E-state index contributed by atoms with van der Waals surface area (Å²) in [7, 11) is 0. The van der Waals surface area contributed by atoms with E-state index in [-0.39, 0.29) is 12.2 Å². The monoisotopic (exact) mass is 196 g/mol. The summed E-state index contributed by atoms with van der Waals surface area (Å²) in [5.41, 5.74) is 5.41. The molecule has 3 N–H and O–H groups in total. The van der Waals surface area contributed by atoms with Crippen molar-refractivity contribution in [2.45, 2.75) is 6.10 Å². The summed E-state index contributed by atoms with van der Waals surface area (Å²) >= 11 is 0. The third kappa shape index (κ3) is 1.56. The van der Waals surface area contributed by atoms with E-state index in [9.17, 15) is 4.79 Å². The first kappa shape index (κ1) is 9.01. The number of carbonyl (C=O) groups is 1. The number of aliphatic imine (C=N–C) groups is 1. The molecule has 1 saturated heterocycles. The maximum atomic E-state index is 11.4. The minimum absolute atomic E-state index is 0.212. The first-order valence-electron chi connectivity index (χ1n) is 4.45. The van der Waals surface area contributed by atoms with Crippen LogP contribution in [0.2, 0.25) is 0 Å².